The molecule has 3 nitrogen and oxygen atoms in total. The summed E-state index contributed by atoms with van der Waals surface area (Å²) in [4.78, 5) is 7.22. The van der Waals surface area contributed by atoms with Gasteiger partial charge in [0.25, 0.3) is 0 Å². The van der Waals surface area contributed by atoms with Crippen LogP contribution in [0.5, 0.6) is 0 Å². The van der Waals surface area contributed by atoms with Gasteiger partial charge in [-0.25, -0.2) is 4.98 Å². The maximum atomic E-state index is 5.99. The van der Waals surface area contributed by atoms with E-state index in [0.717, 1.165) is 24.3 Å². The van der Waals surface area contributed by atoms with Gasteiger partial charge in [0.05, 0.1) is 11.0 Å². The summed E-state index contributed by atoms with van der Waals surface area (Å²) in [5, 5.41) is 0. The van der Waals surface area contributed by atoms with E-state index >= 15 is 0 Å². The molecule has 0 bridgehead atoms. The summed E-state index contributed by atoms with van der Waals surface area (Å²) in [6.07, 6.45) is 4.70. The molecule has 0 aliphatic heterocycles. The number of hydrogen-bond donors (Lipinski definition) is 0. The van der Waals surface area contributed by atoms with Crippen LogP contribution in [0.4, 0.5) is 0 Å². The van der Waals surface area contributed by atoms with Crippen molar-refractivity contribution in [1.29, 1.82) is 0 Å². The molecule has 1 saturated carbocycles. The molecule has 1 aliphatic rings. The lowest BCUT2D eigenvalue weighted by Crippen LogP contribution is -2.53. The average Bonchev–Trinajstić information content (AvgIpc) is 2.73. The fourth-order valence-electron chi connectivity index (χ4n) is 3.48. The van der Waals surface area contributed by atoms with Crippen molar-refractivity contribution in [1.82, 2.24) is 14.5 Å². The Morgan fingerprint density at radius 2 is 2.10 bits per heavy atom. The van der Waals surface area contributed by atoms with Crippen LogP contribution in [0.1, 0.15) is 30.7 Å². The zero-order valence-electron chi connectivity index (χ0n) is 13.2. The molecule has 1 aliphatic carbocycles. The Morgan fingerprint density at radius 1 is 1.33 bits per heavy atom. The summed E-state index contributed by atoms with van der Waals surface area (Å²) >= 11 is 5.99. The van der Waals surface area contributed by atoms with Gasteiger partial charge in [0.15, 0.2) is 0 Å². The van der Waals surface area contributed by atoms with Gasteiger partial charge in [-0.1, -0.05) is 12.1 Å². The second-order valence-electron chi connectivity index (χ2n) is 6.47. The molecule has 1 aromatic heterocycles. The van der Waals surface area contributed by atoms with Gasteiger partial charge >= 0.3 is 0 Å². The molecule has 1 aromatic carbocycles. The second-order valence-corrected chi connectivity index (χ2v) is 6.85. The Morgan fingerprint density at radius 3 is 2.67 bits per heavy atom. The van der Waals surface area contributed by atoms with E-state index in [4.69, 9.17) is 16.6 Å². The zero-order valence-corrected chi connectivity index (χ0v) is 14.0. The number of alkyl halides is 1. The van der Waals surface area contributed by atoms with Gasteiger partial charge in [-0.3, -0.25) is 0 Å². The average molecular weight is 306 g/mol. The molecule has 114 valence electrons. The molecular formula is C17H24ClN3. The van der Waals surface area contributed by atoms with Crippen molar-refractivity contribution in [3.63, 3.8) is 0 Å². The first-order valence-corrected chi connectivity index (χ1v) is 8.29. The van der Waals surface area contributed by atoms with Crippen molar-refractivity contribution in [2.24, 2.45) is 0 Å². The largest absolute Gasteiger partial charge is 0.326 e. The van der Waals surface area contributed by atoms with Crippen molar-refractivity contribution in [3.05, 3.63) is 29.6 Å². The van der Waals surface area contributed by atoms with Gasteiger partial charge in [0.2, 0.25) is 0 Å². The van der Waals surface area contributed by atoms with Crippen molar-refractivity contribution in [3.8, 4) is 0 Å². The highest BCUT2D eigenvalue weighted by atomic mass is 35.5. The minimum atomic E-state index is 0.289. The summed E-state index contributed by atoms with van der Waals surface area (Å²) in [6.45, 7) is 3.20. The molecule has 0 spiro atoms. The molecule has 1 heterocycles. The summed E-state index contributed by atoms with van der Waals surface area (Å²) < 4.78 is 2.42. The number of nitrogens with zero attached hydrogens (tertiary/aromatic N) is 3. The van der Waals surface area contributed by atoms with Gasteiger partial charge in [-0.05, 0) is 51.9 Å². The predicted molar refractivity (Wildman–Crippen MR) is 89.2 cm³/mol. The Labute approximate surface area is 131 Å². The Balaban J connectivity index is 2.09. The minimum Gasteiger partial charge on any atom is -0.326 e. The molecule has 4 heteroatoms. The van der Waals surface area contributed by atoms with Crippen molar-refractivity contribution >= 4 is 22.6 Å². The topological polar surface area (TPSA) is 21.1 Å². The van der Waals surface area contributed by atoms with Crippen LogP contribution < -0.4 is 0 Å². The fourth-order valence-corrected chi connectivity index (χ4v) is 3.65. The van der Waals surface area contributed by atoms with Gasteiger partial charge in [-0.2, -0.15) is 0 Å². The SMILES string of the molecule is Cc1cccc2nc(CCCl)n(CC3(N(C)C)CCC3)c12. The van der Waals surface area contributed by atoms with Crippen molar-refractivity contribution in [2.75, 3.05) is 20.0 Å². The van der Waals surface area contributed by atoms with E-state index in [1.54, 1.807) is 0 Å². The fraction of sp³-hybridized carbons (Fsp3) is 0.588. The molecule has 0 unspecified atom stereocenters. The number of benzene rings is 1. The van der Waals surface area contributed by atoms with Crippen molar-refractivity contribution in [2.45, 2.75) is 44.7 Å². The highest BCUT2D eigenvalue weighted by Gasteiger charge is 2.40. The zero-order chi connectivity index (χ0) is 15.0. The van der Waals surface area contributed by atoms with E-state index in [-0.39, 0.29) is 5.54 Å². The number of fused-ring (bicyclic) bond motifs is 1. The summed E-state index contributed by atoms with van der Waals surface area (Å²) in [7, 11) is 4.40. The third kappa shape index (κ3) is 2.47. The number of rotatable bonds is 5. The standard InChI is InChI=1S/C17H24ClN3/c1-13-6-4-7-14-16(13)21(15(19-14)8-11-18)12-17(20(2)3)9-5-10-17/h4,6-7H,5,8-12H2,1-3H3. The normalized spacial score (nSPS) is 17.4. The molecule has 1 fully saturated rings. The lowest BCUT2D eigenvalue weighted by Gasteiger charge is -2.48. The van der Waals surface area contributed by atoms with Crippen LogP contribution in [-0.4, -0.2) is 40.0 Å². The van der Waals surface area contributed by atoms with Gasteiger partial charge < -0.3 is 9.47 Å². The molecule has 0 atom stereocenters. The van der Waals surface area contributed by atoms with Crippen LogP contribution in [0.3, 0.4) is 0 Å². The van der Waals surface area contributed by atoms with Crippen LogP contribution in [0.15, 0.2) is 18.2 Å². The number of para-hydroxylation sites is 1. The monoisotopic (exact) mass is 305 g/mol. The number of imidazole rings is 1. The van der Waals surface area contributed by atoms with E-state index < -0.39 is 0 Å². The van der Waals surface area contributed by atoms with E-state index in [0.29, 0.717) is 5.88 Å². The summed E-state index contributed by atoms with van der Waals surface area (Å²) in [5.74, 6) is 1.75. The Hall–Kier alpha value is -1.06. The maximum Gasteiger partial charge on any atom is 0.111 e. The van der Waals surface area contributed by atoms with E-state index in [1.807, 2.05) is 0 Å². The molecule has 2 aromatic rings. The van der Waals surface area contributed by atoms with Gasteiger partial charge in [-0.15, -0.1) is 11.6 Å². The molecule has 0 amide bonds. The molecule has 0 saturated heterocycles. The number of aryl methyl sites for hydroxylation is 2. The Bertz CT molecular complexity index is 641. The van der Waals surface area contributed by atoms with Crippen molar-refractivity contribution < 1.29 is 0 Å². The first-order chi connectivity index (χ1) is 10.1. The molecule has 21 heavy (non-hydrogen) atoms. The van der Waals surface area contributed by atoms with Gasteiger partial charge in [0, 0.05) is 24.4 Å². The second kappa shape index (κ2) is 5.62. The molecular weight excluding hydrogens is 282 g/mol. The highest BCUT2D eigenvalue weighted by molar-refractivity contribution is 6.17. The molecule has 0 N–H and O–H groups in total. The summed E-state index contributed by atoms with van der Waals surface area (Å²) in [5.41, 5.74) is 3.97. The smallest absolute Gasteiger partial charge is 0.111 e. The maximum absolute atomic E-state index is 5.99. The first kappa shape index (κ1) is 14.9. The Kier molecular flexibility index (Phi) is 3.98. The summed E-state index contributed by atoms with van der Waals surface area (Å²) in [6, 6.07) is 6.37. The van der Waals surface area contributed by atoms with E-state index in [1.165, 1.54) is 30.3 Å². The number of hydrogen-bond acceptors (Lipinski definition) is 2. The number of halogens is 1. The molecule has 3 rings (SSSR count). The number of aromatic nitrogens is 2. The van der Waals surface area contributed by atoms with Crippen LogP contribution >= 0.6 is 11.6 Å². The lowest BCUT2D eigenvalue weighted by atomic mass is 9.75. The highest BCUT2D eigenvalue weighted by Crippen LogP contribution is 2.39. The minimum absolute atomic E-state index is 0.289. The quantitative estimate of drug-likeness (QED) is 0.787. The third-order valence-corrected chi connectivity index (χ3v) is 5.24. The van der Waals surface area contributed by atoms with Crippen LogP contribution in [0, 0.1) is 6.92 Å². The molecule has 0 radical (unpaired) electrons. The number of likely N-dealkylation sites (N-methyl/N-ethyl adjacent to an activating group) is 1. The third-order valence-electron chi connectivity index (χ3n) is 5.05. The van der Waals surface area contributed by atoms with E-state index in [9.17, 15) is 0 Å². The van der Waals surface area contributed by atoms with Crippen LogP contribution in [0.2, 0.25) is 0 Å². The van der Waals surface area contributed by atoms with Crippen LogP contribution in [0.25, 0.3) is 11.0 Å². The van der Waals surface area contributed by atoms with E-state index in [2.05, 4.69) is 48.7 Å². The lowest BCUT2D eigenvalue weighted by molar-refractivity contribution is 0.0427. The predicted octanol–water partition coefficient (Wildman–Crippen LogP) is 3.61. The van der Waals surface area contributed by atoms with Crippen LogP contribution in [-0.2, 0) is 13.0 Å². The first-order valence-electron chi connectivity index (χ1n) is 7.75. The van der Waals surface area contributed by atoms with Gasteiger partial charge in [0.1, 0.15) is 5.82 Å².